The predicted octanol–water partition coefficient (Wildman–Crippen LogP) is 5.02. The molecule has 14 heteroatoms. The highest BCUT2D eigenvalue weighted by atomic mass is 32.1. The van der Waals surface area contributed by atoms with Crippen LogP contribution in [0.25, 0.3) is 10.4 Å². The number of fused-ring (bicyclic) bond motifs is 1. The molecule has 3 aliphatic heterocycles. The summed E-state index contributed by atoms with van der Waals surface area (Å²) >= 11 is 1.52. The van der Waals surface area contributed by atoms with Gasteiger partial charge < -0.3 is 39.0 Å². The van der Waals surface area contributed by atoms with E-state index < -0.39 is 83.4 Å². The van der Waals surface area contributed by atoms with Crippen molar-refractivity contribution in [1.82, 2.24) is 15.2 Å². The maximum atomic E-state index is 14.4. The smallest absolute Gasteiger partial charge is 0.408 e. The number of cyclic esters (lactones) is 1. The number of ether oxygens (including phenoxy) is 5. The number of aromatic nitrogens is 1. The molecule has 0 aromatic carbocycles. The van der Waals surface area contributed by atoms with Gasteiger partial charge in [-0.25, -0.2) is 4.79 Å². The Morgan fingerprint density at radius 1 is 1.02 bits per heavy atom. The number of Topliss-reactive ketones (excluding diaryl/α,β-unsaturated/α-hetero) is 2. The van der Waals surface area contributed by atoms with Gasteiger partial charge in [-0.15, -0.1) is 11.3 Å². The van der Waals surface area contributed by atoms with Crippen LogP contribution >= 0.6 is 11.3 Å². The van der Waals surface area contributed by atoms with Gasteiger partial charge in [0, 0.05) is 41.1 Å². The van der Waals surface area contributed by atoms with Crippen molar-refractivity contribution in [2.75, 3.05) is 20.7 Å². The number of esters is 1. The second-order valence-corrected chi connectivity index (χ2v) is 17.3. The summed E-state index contributed by atoms with van der Waals surface area (Å²) in [6.07, 6.45) is -1.01. The second-order valence-electron chi connectivity index (χ2n) is 16.2. The number of pyridine rings is 1. The SMILES string of the molecule is CC[C@@H]1OC(=O)[C@H](C)C(=O)[C@H](C)[C@@H](O[C@@H]2O[C@H](C)C[C@H](N(C)C)[C@H]2O)C(C)(OCC#Cc2ccc(-c3ccncc3)s2)C[C@@H](C)C(=O)[C@@H](C)[C@H]2NC(=O)O[C@]12C. The van der Waals surface area contributed by atoms with Crippen LogP contribution in [0.5, 0.6) is 0 Å². The fraction of sp³-hybridized carbons (Fsp3) is 0.643. The number of hydrogen-bond donors (Lipinski definition) is 2. The molecule has 1 unspecified atom stereocenters. The van der Waals surface area contributed by atoms with E-state index in [0.29, 0.717) is 6.42 Å². The van der Waals surface area contributed by atoms with E-state index in [4.69, 9.17) is 23.7 Å². The molecule has 2 N–H and O–H groups in total. The van der Waals surface area contributed by atoms with E-state index in [2.05, 4.69) is 22.1 Å². The molecule has 2 aromatic rings. The Morgan fingerprint density at radius 3 is 2.38 bits per heavy atom. The molecule has 0 bridgehead atoms. The van der Waals surface area contributed by atoms with Gasteiger partial charge in [0.25, 0.3) is 0 Å². The highest BCUT2D eigenvalue weighted by molar-refractivity contribution is 7.16. The van der Waals surface area contributed by atoms with Crippen molar-refractivity contribution in [2.24, 2.45) is 23.7 Å². The Hall–Kier alpha value is -3.71. The summed E-state index contributed by atoms with van der Waals surface area (Å²) < 4.78 is 31.3. The Kier molecular flexibility index (Phi) is 13.8. The van der Waals surface area contributed by atoms with Crippen molar-refractivity contribution < 1.29 is 48.0 Å². The predicted molar refractivity (Wildman–Crippen MR) is 209 cm³/mol. The van der Waals surface area contributed by atoms with Crippen molar-refractivity contribution in [2.45, 2.75) is 129 Å². The number of carbonyl (C=O) groups excluding carboxylic acids is 4. The van der Waals surface area contributed by atoms with E-state index in [9.17, 15) is 24.3 Å². The number of nitrogens with one attached hydrogen (secondary N) is 1. The summed E-state index contributed by atoms with van der Waals surface area (Å²) in [4.78, 5) is 63.2. The van der Waals surface area contributed by atoms with Gasteiger partial charge in [0.1, 0.15) is 30.5 Å². The number of ketones is 2. The number of thiophene rings is 1. The highest BCUT2D eigenvalue weighted by Gasteiger charge is 2.57. The monoisotopic (exact) mass is 795 g/mol. The van der Waals surface area contributed by atoms with E-state index >= 15 is 0 Å². The van der Waals surface area contributed by atoms with Gasteiger partial charge in [-0.1, -0.05) is 39.5 Å². The molecule has 3 aliphatic rings. The van der Waals surface area contributed by atoms with Crippen LogP contribution < -0.4 is 5.32 Å². The van der Waals surface area contributed by atoms with Crippen molar-refractivity contribution in [3.05, 3.63) is 41.5 Å². The molecule has 5 heterocycles. The van der Waals surface area contributed by atoms with Gasteiger partial charge in [-0.2, -0.15) is 0 Å². The van der Waals surface area contributed by atoms with E-state index in [0.717, 1.165) is 15.3 Å². The topological polar surface area (TPSA) is 163 Å². The minimum atomic E-state index is -1.40. The third-order valence-corrected chi connectivity index (χ3v) is 12.8. The molecule has 3 saturated heterocycles. The Bertz CT molecular complexity index is 1790. The second kappa shape index (κ2) is 17.8. The molecule has 0 saturated carbocycles. The maximum absolute atomic E-state index is 14.4. The quantitative estimate of drug-likeness (QED) is 0.219. The Morgan fingerprint density at radius 2 is 1.71 bits per heavy atom. The van der Waals surface area contributed by atoms with Crippen LogP contribution in [0.4, 0.5) is 4.79 Å². The number of likely N-dealkylation sites (N-methyl/N-ethyl adjacent to an activating group) is 1. The fourth-order valence-corrected chi connectivity index (χ4v) is 9.41. The van der Waals surface area contributed by atoms with Crippen molar-refractivity contribution >= 4 is 35.0 Å². The van der Waals surface area contributed by atoms with Crippen LogP contribution in [0.15, 0.2) is 36.7 Å². The molecule has 5 rings (SSSR count). The van der Waals surface area contributed by atoms with Crippen LogP contribution in [0, 0.1) is 35.5 Å². The lowest BCUT2D eigenvalue weighted by Gasteiger charge is -2.47. The molecule has 1 amide bonds. The van der Waals surface area contributed by atoms with E-state index in [1.807, 2.05) is 50.2 Å². The van der Waals surface area contributed by atoms with Crippen LogP contribution in [0.1, 0.15) is 79.5 Å². The minimum Gasteiger partial charge on any atom is -0.458 e. The summed E-state index contributed by atoms with van der Waals surface area (Å²) in [6, 6.07) is 6.63. The Balaban J connectivity index is 1.55. The summed E-state index contributed by atoms with van der Waals surface area (Å²) in [6.45, 7) is 13.6. The average Bonchev–Trinajstić information content (AvgIpc) is 3.77. The lowest BCUT2D eigenvalue weighted by Crippen LogP contribution is -2.60. The van der Waals surface area contributed by atoms with E-state index in [-0.39, 0.29) is 37.4 Å². The number of alkyl carbamates (subject to hydrolysis) is 1. The van der Waals surface area contributed by atoms with Crippen molar-refractivity contribution in [3.63, 3.8) is 0 Å². The van der Waals surface area contributed by atoms with Gasteiger partial charge in [0.15, 0.2) is 17.7 Å². The zero-order valence-electron chi connectivity index (χ0n) is 34.1. The first-order valence-electron chi connectivity index (χ1n) is 19.5. The lowest BCUT2D eigenvalue weighted by atomic mass is 9.73. The van der Waals surface area contributed by atoms with Gasteiger partial charge in [0.2, 0.25) is 0 Å². The molecular weight excluding hydrogens is 739 g/mol. The van der Waals surface area contributed by atoms with Crippen molar-refractivity contribution in [3.8, 4) is 22.3 Å². The third-order valence-electron chi connectivity index (χ3n) is 11.7. The molecule has 3 fully saturated rings. The maximum Gasteiger partial charge on any atom is 0.408 e. The summed E-state index contributed by atoms with van der Waals surface area (Å²) in [5.74, 6) is 1.07. The summed E-state index contributed by atoms with van der Waals surface area (Å²) in [5.41, 5.74) is -1.76. The number of amides is 1. The molecule has 2 aromatic heterocycles. The normalized spacial score (nSPS) is 37.1. The average molecular weight is 796 g/mol. The number of aliphatic hydroxyl groups excluding tert-OH is 1. The zero-order valence-corrected chi connectivity index (χ0v) is 34.9. The standard InChI is InChI=1S/C42H57N3O10S/c1-11-32-42(8)36(44-40(50)55-42)25(4)33(46)23(2)22-41(7,51-20-12-13-29-14-15-31(56-29)28-16-18-43-19-17-28)37(26(5)34(47)27(6)38(49)53-32)54-39-35(48)30(45(9)10)21-24(3)52-39/h14-19,23-27,30,32,35-37,39,48H,11,20-22H2,1-10H3,(H,44,50)/t23-,24-,25-,26+,27-,30+,32+,35-,36-,37-,39+,41?,42-/m1/s1. The molecular formula is C42H57N3O10S. The summed E-state index contributed by atoms with van der Waals surface area (Å²) in [5, 5.41) is 14.4. The zero-order chi connectivity index (χ0) is 41.1. The van der Waals surface area contributed by atoms with Crippen molar-refractivity contribution in [1.29, 1.82) is 0 Å². The minimum absolute atomic E-state index is 0.0646. The largest absolute Gasteiger partial charge is 0.458 e. The molecule has 306 valence electrons. The van der Waals surface area contributed by atoms with Crippen LogP contribution in [0.2, 0.25) is 0 Å². The number of nitrogens with zero attached hydrogens (tertiary/aromatic N) is 2. The molecule has 13 nitrogen and oxygen atoms in total. The number of hydrogen-bond acceptors (Lipinski definition) is 13. The first-order chi connectivity index (χ1) is 26.4. The third kappa shape index (κ3) is 9.19. The van der Waals surface area contributed by atoms with Crippen LogP contribution in [-0.2, 0) is 38.1 Å². The van der Waals surface area contributed by atoms with E-state index in [1.165, 1.54) is 18.3 Å². The molecule has 13 atom stereocenters. The van der Waals surface area contributed by atoms with Crippen LogP contribution in [-0.4, -0.2) is 113 Å². The number of carbonyl (C=O) groups is 4. The molecule has 56 heavy (non-hydrogen) atoms. The fourth-order valence-electron chi connectivity index (χ4n) is 8.53. The van der Waals surface area contributed by atoms with Gasteiger partial charge in [-0.05, 0) is 90.9 Å². The highest BCUT2D eigenvalue weighted by Crippen LogP contribution is 2.40. The van der Waals surface area contributed by atoms with Gasteiger partial charge in [-0.3, -0.25) is 19.4 Å². The summed E-state index contributed by atoms with van der Waals surface area (Å²) in [7, 11) is 3.73. The van der Waals surface area contributed by atoms with Gasteiger partial charge >= 0.3 is 12.1 Å². The lowest BCUT2D eigenvalue weighted by molar-refractivity contribution is -0.296. The first-order valence-corrected chi connectivity index (χ1v) is 20.3. The number of rotatable bonds is 7. The van der Waals surface area contributed by atoms with E-state index in [1.54, 1.807) is 53.9 Å². The van der Waals surface area contributed by atoms with Gasteiger partial charge in [0.05, 0.1) is 28.7 Å². The molecule has 0 radical (unpaired) electrons. The first kappa shape index (κ1) is 43.4. The van der Waals surface area contributed by atoms with Crippen LogP contribution in [0.3, 0.4) is 0 Å². The number of aliphatic hydroxyl groups is 1. The molecule has 0 aliphatic carbocycles. The Labute approximate surface area is 334 Å². The molecule has 0 spiro atoms.